The van der Waals surface area contributed by atoms with E-state index in [1.807, 2.05) is 40.9 Å². The number of aromatic nitrogens is 2. The average molecular weight is 717 g/mol. The molecule has 8 aromatic carbocycles. The Morgan fingerprint density at radius 1 is 0.304 bits per heavy atom. The molecule has 2 aliphatic carbocycles. The summed E-state index contributed by atoms with van der Waals surface area (Å²) in [6, 6.07) is 67.6. The van der Waals surface area contributed by atoms with Crippen LogP contribution in [0.25, 0.3) is 44.1 Å². The number of rotatable bonds is 4. The van der Waals surface area contributed by atoms with Crippen molar-refractivity contribution in [1.82, 2.24) is 9.03 Å². The molecule has 0 spiro atoms. The number of fused-ring (bicyclic) bond motifs is 13. The largest absolute Gasteiger partial charge is 0.283 e. The van der Waals surface area contributed by atoms with Crippen LogP contribution in [0.1, 0.15) is 44.5 Å². The molecule has 0 fully saturated rings. The second kappa shape index (κ2) is 11.1. The van der Waals surface area contributed by atoms with E-state index < -0.39 is 10.8 Å². The van der Waals surface area contributed by atoms with Gasteiger partial charge in [0.15, 0.2) is 0 Å². The first-order valence-electron chi connectivity index (χ1n) is 19.1. The molecule has 4 heteroatoms. The minimum Gasteiger partial charge on any atom is -0.267 e. The predicted octanol–water partition coefficient (Wildman–Crippen LogP) is 10.2. The lowest BCUT2D eigenvalue weighted by atomic mass is 9.67. The lowest BCUT2D eigenvalue weighted by Crippen LogP contribution is -2.28. The van der Waals surface area contributed by atoms with Gasteiger partial charge in [-0.05, 0) is 67.8 Å². The molecule has 0 radical (unpaired) electrons. The monoisotopic (exact) mass is 716 g/mol. The zero-order valence-electron chi connectivity index (χ0n) is 30.2. The molecule has 56 heavy (non-hydrogen) atoms. The van der Waals surface area contributed by atoms with Crippen LogP contribution in [0.4, 0.5) is 0 Å². The van der Waals surface area contributed by atoms with Gasteiger partial charge in [0.1, 0.15) is 0 Å². The Kier molecular flexibility index (Phi) is 6.18. The molecule has 0 atom stereocenters. The van der Waals surface area contributed by atoms with Crippen LogP contribution in [0, 0.1) is 0 Å². The van der Waals surface area contributed by atoms with Crippen LogP contribution in [-0.4, -0.2) is 9.03 Å². The summed E-state index contributed by atoms with van der Waals surface area (Å²) in [5.41, 5.74) is 12.1. The Morgan fingerprint density at radius 3 is 0.982 bits per heavy atom. The van der Waals surface area contributed by atoms with Crippen molar-refractivity contribution < 1.29 is 0 Å². The second-order valence-electron chi connectivity index (χ2n) is 15.1. The van der Waals surface area contributed by atoms with Crippen molar-refractivity contribution in [2.24, 2.45) is 0 Å². The first kappa shape index (κ1) is 31.1. The topological polar surface area (TPSA) is 43.0 Å². The lowest BCUT2D eigenvalue weighted by Gasteiger charge is -2.33. The molecule has 10 aromatic rings. The molecule has 4 nitrogen and oxygen atoms in total. The van der Waals surface area contributed by atoms with Crippen molar-refractivity contribution in [2.45, 2.75) is 10.8 Å². The van der Waals surface area contributed by atoms with Gasteiger partial charge in [0.25, 0.3) is 11.1 Å². The van der Waals surface area contributed by atoms with E-state index in [0.29, 0.717) is 10.8 Å². The number of hydrogen-bond acceptors (Lipinski definition) is 2. The molecule has 2 aliphatic rings. The molecular weight excluding hydrogens is 685 g/mol. The summed E-state index contributed by atoms with van der Waals surface area (Å²) >= 11 is 0. The summed E-state index contributed by atoms with van der Waals surface area (Å²) in [5.74, 6) is 0. The molecule has 0 amide bonds. The third-order valence-electron chi connectivity index (χ3n) is 12.7. The van der Waals surface area contributed by atoms with Crippen molar-refractivity contribution in [3.05, 3.63) is 259 Å². The summed E-state index contributed by atoms with van der Waals surface area (Å²) in [4.78, 5) is 30.4. The molecule has 0 N–H and O–H groups in total. The van der Waals surface area contributed by atoms with E-state index in [4.69, 9.17) is 0 Å². The fourth-order valence-corrected chi connectivity index (χ4v) is 10.7. The fourth-order valence-electron chi connectivity index (χ4n) is 10.7. The van der Waals surface area contributed by atoms with E-state index in [1.165, 1.54) is 4.52 Å². The van der Waals surface area contributed by atoms with Gasteiger partial charge >= 0.3 is 0 Å². The van der Waals surface area contributed by atoms with Gasteiger partial charge in [-0.25, -0.2) is 4.52 Å². The maximum atomic E-state index is 15.2. The number of nitrogens with zero attached hydrogens (tertiary/aromatic N) is 2. The van der Waals surface area contributed by atoms with Crippen LogP contribution in [0.3, 0.4) is 0 Å². The van der Waals surface area contributed by atoms with Gasteiger partial charge in [-0.1, -0.05) is 182 Å². The molecule has 262 valence electrons. The first-order valence-corrected chi connectivity index (χ1v) is 19.1. The highest BCUT2D eigenvalue weighted by molar-refractivity contribution is 6.07. The van der Waals surface area contributed by atoms with Crippen LogP contribution < -0.4 is 11.1 Å². The van der Waals surface area contributed by atoms with Crippen molar-refractivity contribution in [3.63, 3.8) is 0 Å². The Labute approximate surface area is 322 Å². The zero-order chi connectivity index (χ0) is 37.2. The van der Waals surface area contributed by atoms with E-state index in [9.17, 15) is 0 Å². The third-order valence-corrected chi connectivity index (χ3v) is 12.7. The molecule has 12 rings (SSSR count). The van der Waals surface area contributed by atoms with Crippen molar-refractivity contribution in [1.29, 1.82) is 0 Å². The summed E-state index contributed by atoms with van der Waals surface area (Å²) in [6.45, 7) is 0. The lowest BCUT2D eigenvalue weighted by molar-refractivity contribution is 0.769. The number of hydrogen-bond donors (Lipinski definition) is 0. The van der Waals surface area contributed by atoms with Gasteiger partial charge in [-0.3, -0.25) is 9.59 Å². The Morgan fingerprint density at radius 2 is 0.625 bits per heavy atom. The molecule has 0 bridgehead atoms. The smallest absolute Gasteiger partial charge is 0.267 e. The molecule has 2 heterocycles. The van der Waals surface area contributed by atoms with Crippen LogP contribution in [-0.2, 0) is 10.8 Å². The summed E-state index contributed by atoms with van der Waals surface area (Å²) in [6.07, 6.45) is 0. The highest BCUT2D eigenvalue weighted by Crippen LogP contribution is 2.59. The van der Waals surface area contributed by atoms with Gasteiger partial charge in [0.05, 0.1) is 32.6 Å². The fraction of sp³-hybridized carbons (Fsp3) is 0.0385. The molecule has 0 saturated heterocycles. The quantitative estimate of drug-likeness (QED) is 0.182. The second-order valence-corrected chi connectivity index (χ2v) is 15.1. The van der Waals surface area contributed by atoms with Crippen molar-refractivity contribution >= 4 is 21.8 Å². The van der Waals surface area contributed by atoms with Crippen LogP contribution in [0.2, 0.25) is 0 Å². The third kappa shape index (κ3) is 3.60. The predicted molar refractivity (Wildman–Crippen MR) is 224 cm³/mol. The van der Waals surface area contributed by atoms with Gasteiger partial charge in [0.2, 0.25) is 0 Å². The van der Waals surface area contributed by atoms with E-state index in [1.54, 1.807) is 0 Å². The Balaban J connectivity index is 1.21. The molecule has 0 unspecified atom stereocenters. The van der Waals surface area contributed by atoms with Crippen LogP contribution in [0.15, 0.2) is 204 Å². The van der Waals surface area contributed by atoms with Gasteiger partial charge in [-0.2, -0.15) is 4.52 Å². The van der Waals surface area contributed by atoms with Crippen molar-refractivity contribution in [2.75, 3.05) is 0 Å². The normalized spacial score (nSPS) is 14.5. The van der Waals surface area contributed by atoms with E-state index in [-0.39, 0.29) is 11.1 Å². The Bertz CT molecular complexity index is 3030. The zero-order valence-corrected chi connectivity index (χ0v) is 30.2. The van der Waals surface area contributed by atoms with E-state index in [2.05, 4.69) is 158 Å². The number of benzene rings is 8. The highest BCUT2D eigenvalue weighted by Gasteiger charge is 2.49. The highest BCUT2D eigenvalue weighted by atomic mass is 16.2. The van der Waals surface area contributed by atoms with Crippen LogP contribution in [0.5, 0.6) is 0 Å². The van der Waals surface area contributed by atoms with Gasteiger partial charge in [0, 0.05) is 11.1 Å². The van der Waals surface area contributed by atoms with Gasteiger partial charge in [-0.15, -0.1) is 0 Å². The van der Waals surface area contributed by atoms with Crippen LogP contribution >= 0.6 is 0 Å². The summed E-state index contributed by atoms with van der Waals surface area (Å²) < 4.78 is 3.26. The maximum Gasteiger partial charge on any atom is 0.283 e. The van der Waals surface area contributed by atoms with E-state index in [0.717, 1.165) is 77.8 Å². The minimum absolute atomic E-state index is 0.304. The summed E-state index contributed by atoms with van der Waals surface area (Å²) in [5, 5.41) is 1.12. The molecule has 0 aliphatic heterocycles. The standard InChI is InChI=1S/C52H32N2O2/c55-49-47-43(31-29-41-45(47)37-25-13-15-27-39(37)51(41,33-17-5-1-6-18-33)34-19-7-2-8-20-34)53-44-32-30-42-46(48(44)50(56)54(49)53)38-26-14-16-28-40(38)52(42,35-21-9-3-10-22-35)36-23-11-4-12-24-36/h1-32H. The van der Waals surface area contributed by atoms with Crippen molar-refractivity contribution in [3.8, 4) is 22.3 Å². The van der Waals surface area contributed by atoms with Gasteiger partial charge < -0.3 is 0 Å². The first-order chi connectivity index (χ1) is 27.7. The average Bonchev–Trinajstić information content (AvgIpc) is 3.95. The minimum atomic E-state index is -0.656. The maximum absolute atomic E-state index is 15.2. The Hall–Kier alpha value is -7.30. The van der Waals surface area contributed by atoms with E-state index >= 15 is 9.59 Å². The SMILES string of the molecule is O=c1c2c3c(ccc2n2c4ccc5c(c4c(=O)n12)-c1ccccc1C5(c1ccccc1)c1ccccc1)C(c1ccccc1)(c1ccccc1)c1ccccc1-3. The molecular formula is C52H32N2O2. The molecule has 0 saturated carbocycles. The molecule has 2 aromatic heterocycles. The summed E-state index contributed by atoms with van der Waals surface area (Å²) in [7, 11) is 0.